The van der Waals surface area contributed by atoms with Gasteiger partial charge in [-0.05, 0) is 24.6 Å². The minimum atomic E-state index is -1.05. The number of rotatable bonds is 5. The van der Waals surface area contributed by atoms with Crippen LogP contribution in [0.2, 0.25) is 0 Å². The zero-order valence-electron chi connectivity index (χ0n) is 11.0. The summed E-state index contributed by atoms with van der Waals surface area (Å²) in [5.74, 6) is 0.172. The minimum absolute atomic E-state index is 0.0618. The van der Waals surface area contributed by atoms with Gasteiger partial charge in [0.05, 0.1) is 0 Å². The summed E-state index contributed by atoms with van der Waals surface area (Å²) in [5, 5.41) is 13.0. The molecule has 0 spiro atoms. The van der Waals surface area contributed by atoms with E-state index in [0.717, 1.165) is 5.56 Å². The Kier molecular flexibility index (Phi) is 4.39. The largest absolute Gasteiger partial charge is 0.484 e. The van der Waals surface area contributed by atoms with E-state index >= 15 is 0 Å². The van der Waals surface area contributed by atoms with Crippen molar-refractivity contribution >= 4 is 21.9 Å². The Balaban J connectivity index is 2.22. The van der Waals surface area contributed by atoms with E-state index in [1.54, 1.807) is 13.0 Å². The van der Waals surface area contributed by atoms with Crippen molar-refractivity contribution in [3.05, 3.63) is 39.4 Å². The topological polar surface area (TPSA) is 85.5 Å². The molecular formula is C13H13BrN2O4. The third kappa shape index (κ3) is 3.16. The molecule has 1 N–H and O–H groups in total. The van der Waals surface area contributed by atoms with E-state index in [9.17, 15) is 9.90 Å². The van der Waals surface area contributed by atoms with Crippen molar-refractivity contribution in [2.75, 3.05) is 0 Å². The number of carboxylic acid groups (broad SMARTS) is 1. The number of hydrogen-bond donors (Lipinski definition) is 1. The molecule has 0 saturated heterocycles. The number of halogens is 1. The third-order valence-electron chi connectivity index (χ3n) is 2.63. The summed E-state index contributed by atoms with van der Waals surface area (Å²) in [4.78, 5) is 15.3. The minimum Gasteiger partial charge on any atom is -0.484 e. The zero-order valence-corrected chi connectivity index (χ0v) is 12.6. The van der Waals surface area contributed by atoms with Gasteiger partial charge in [0.15, 0.2) is 6.61 Å². The van der Waals surface area contributed by atoms with Crippen molar-refractivity contribution in [3.8, 4) is 5.75 Å². The lowest BCUT2D eigenvalue weighted by Gasteiger charge is -2.11. The van der Waals surface area contributed by atoms with Crippen LogP contribution >= 0.6 is 15.9 Å². The standard InChI is InChI=1S/C13H13BrN2O4/c1-3-11-15-10(16-20-11)6-19-12-7(2)4-8(14)5-9(12)13(17)18/h4-5H,3,6H2,1-2H3,(H,17,18). The van der Waals surface area contributed by atoms with Crippen molar-refractivity contribution in [1.29, 1.82) is 0 Å². The molecule has 0 unspecified atom stereocenters. The maximum atomic E-state index is 11.2. The molecule has 0 aliphatic heterocycles. The number of benzene rings is 1. The fourth-order valence-corrected chi connectivity index (χ4v) is 2.28. The molecule has 1 aromatic carbocycles. The number of ether oxygens (including phenoxy) is 1. The summed E-state index contributed by atoms with van der Waals surface area (Å²) in [6.45, 7) is 3.74. The summed E-state index contributed by atoms with van der Waals surface area (Å²) in [5.41, 5.74) is 0.812. The number of hydrogen-bond acceptors (Lipinski definition) is 5. The van der Waals surface area contributed by atoms with Crippen LogP contribution in [0.25, 0.3) is 0 Å². The summed E-state index contributed by atoms with van der Waals surface area (Å²) in [7, 11) is 0. The maximum Gasteiger partial charge on any atom is 0.339 e. The predicted molar refractivity (Wildman–Crippen MR) is 73.8 cm³/mol. The molecule has 6 nitrogen and oxygen atoms in total. The predicted octanol–water partition coefficient (Wildman–Crippen LogP) is 2.98. The van der Waals surface area contributed by atoms with Gasteiger partial charge in [0, 0.05) is 10.9 Å². The van der Waals surface area contributed by atoms with Crippen molar-refractivity contribution < 1.29 is 19.2 Å². The molecule has 1 heterocycles. The van der Waals surface area contributed by atoms with Gasteiger partial charge in [-0.2, -0.15) is 4.98 Å². The highest BCUT2D eigenvalue weighted by molar-refractivity contribution is 9.10. The molecule has 0 bridgehead atoms. The number of aromatic nitrogens is 2. The van der Waals surface area contributed by atoms with Crippen LogP contribution in [-0.4, -0.2) is 21.2 Å². The molecule has 20 heavy (non-hydrogen) atoms. The van der Waals surface area contributed by atoms with Crippen LogP contribution in [0.3, 0.4) is 0 Å². The first kappa shape index (κ1) is 14.5. The van der Waals surface area contributed by atoms with Crippen LogP contribution in [0.15, 0.2) is 21.1 Å². The van der Waals surface area contributed by atoms with Crippen LogP contribution in [0, 0.1) is 6.92 Å². The first-order valence-electron chi connectivity index (χ1n) is 5.99. The fraction of sp³-hybridized carbons (Fsp3) is 0.308. The Bertz CT molecular complexity index is 639. The van der Waals surface area contributed by atoms with Gasteiger partial charge < -0.3 is 14.4 Å². The van der Waals surface area contributed by atoms with Crippen LogP contribution in [-0.2, 0) is 13.0 Å². The lowest BCUT2D eigenvalue weighted by atomic mass is 10.1. The van der Waals surface area contributed by atoms with Crippen LogP contribution in [0.5, 0.6) is 5.75 Å². The lowest BCUT2D eigenvalue weighted by molar-refractivity contribution is 0.0691. The molecule has 1 aromatic heterocycles. The van der Waals surface area contributed by atoms with Gasteiger partial charge in [-0.15, -0.1) is 0 Å². The normalized spacial score (nSPS) is 10.6. The second kappa shape index (κ2) is 6.04. The van der Waals surface area contributed by atoms with Crippen molar-refractivity contribution in [3.63, 3.8) is 0 Å². The number of nitrogens with zero attached hydrogens (tertiary/aromatic N) is 2. The Morgan fingerprint density at radius 2 is 2.25 bits per heavy atom. The number of aryl methyl sites for hydroxylation is 2. The van der Waals surface area contributed by atoms with E-state index in [1.165, 1.54) is 6.07 Å². The van der Waals surface area contributed by atoms with Gasteiger partial charge in [0.25, 0.3) is 0 Å². The van der Waals surface area contributed by atoms with Crippen LogP contribution in [0.4, 0.5) is 0 Å². The first-order chi connectivity index (χ1) is 9.51. The van der Waals surface area contributed by atoms with E-state index in [4.69, 9.17) is 9.26 Å². The quantitative estimate of drug-likeness (QED) is 0.900. The monoisotopic (exact) mass is 340 g/mol. The van der Waals surface area contributed by atoms with Gasteiger partial charge in [-0.25, -0.2) is 4.79 Å². The van der Waals surface area contributed by atoms with Crippen molar-refractivity contribution in [1.82, 2.24) is 10.1 Å². The fourth-order valence-electron chi connectivity index (χ4n) is 1.71. The molecule has 0 fully saturated rings. The molecular weight excluding hydrogens is 328 g/mol. The molecule has 0 aliphatic carbocycles. The highest BCUT2D eigenvalue weighted by Crippen LogP contribution is 2.28. The van der Waals surface area contributed by atoms with Crippen LogP contribution < -0.4 is 4.74 Å². The number of carboxylic acids is 1. The van der Waals surface area contributed by atoms with E-state index in [2.05, 4.69) is 26.1 Å². The molecule has 0 atom stereocenters. The van der Waals surface area contributed by atoms with Gasteiger partial charge in [0.2, 0.25) is 11.7 Å². The summed E-state index contributed by atoms with van der Waals surface area (Å²) in [6.07, 6.45) is 0.644. The molecule has 7 heteroatoms. The van der Waals surface area contributed by atoms with E-state index in [1.807, 2.05) is 6.92 Å². The lowest BCUT2D eigenvalue weighted by Crippen LogP contribution is -2.06. The summed E-state index contributed by atoms with van der Waals surface area (Å²) in [6, 6.07) is 3.29. The average molecular weight is 341 g/mol. The maximum absolute atomic E-state index is 11.2. The second-order valence-corrected chi connectivity index (χ2v) is 5.07. The average Bonchev–Trinajstić information content (AvgIpc) is 2.84. The number of carbonyl (C=O) groups is 1. The summed E-state index contributed by atoms with van der Waals surface area (Å²) >= 11 is 3.27. The Labute approximate surface area is 123 Å². The third-order valence-corrected chi connectivity index (χ3v) is 3.09. The SMILES string of the molecule is CCc1nc(COc2c(C)cc(Br)cc2C(=O)O)no1. The van der Waals surface area contributed by atoms with Gasteiger partial charge in [-0.1, -0.05) is 28.0 Å². The van der Waals surface area contributed by atoms with Crippen molar-refractivity contribution in [2.24, 2.45) is 0 Å². The number of aromatic carboxylic acids is 1. The molecule has 106 valence electrons. The Morgan fingerprint density at radius 3 is 2.85 bits per heavy atom. The Hall–Kier alpha value is -1.89. The zero-order chi connectivity index (χ0) is 14.7. The van der Waals surface area contributed by atoms with E-state index in [-0.39, 0.29) is 12.2 Å². The molecule has 2 aromatic rings. The van der Waals surface area contributed by atoms with E-state index < -0.39 is 5.97 Å². The van der Waals surface area contributed by atoms with Gasteiger partial charge in [-0.3, -0.25) is 0 Å². The van der Waals surface area contributed by atoms with Crippen molar-refractivity contribution in [2.45, 2.75) is 26.9 Å². The first-order valence-corrected chi connectivity index (χ1v) is 6.78. The molecule has 2 rings (SSSR count). The molecule has 0 amide bonds. The Morgan fingerprint density at radius 1 is 1.50 bits per heavy atom. The molecule has 0 saturated carbocycles. The highest BCUT2D eigenvalue weighted by Gasteiger charge is 2.16. The molecule has 0 aliphatic rings. The van der Waals surface area contributed by atoms with E-state index in [0.29, 0.717) is 28.4 Å². The highest BCUT2D eigenvalue weighted by atomic mass is 79.9. The molecule has 0 radical (unpaired) electrons. The van der Waals surface area contributed by atoms with Gasteiger partial charge in [0.1, 0.15) is 11.3 Å². The summed E-state index contributed by atoms with van der Waals surface area (Å²) < 4.78 is 11.2. The van der Waals surface area contributed by atoms with Crippen LogP contribution in [0.1, 0.15) is 34.6 Å². The second-order valence-electron chi connectivity index (χ2n) is 4.15. The smallest absolute Gasteiger partial charge is 0.339 e. The van der Waals surface area contributed by atoms with Gasteiger partial charge >= 0.3 is 5.97 Å².